The fourth-order valence-corrected chi connectivity index (χ4v) is 5.23. The Bertz CT molecular complexity index is 1100. The van der Waals surface area contributed by atoms with Crippen LogP contribution in [0.1, 0.15) is 69.3 Å². The maximum Gasteiger partial charge on any atom is 0.258 e. The number of aliphatic hydroxyl groups excluding tert-OH is 1. The summed E-state index contributed by atoms with van der Waals surface area (Å²) in [6, 6.07) is 14.4. The number of carbonyl (C=O) groups is 2. The van der Waals surface area contributed by atoms with Crippen molar-refractivity contribution in [2.24, 2.45) is 5.92 Å². The summed E-state index contributed by atoms with van der Waals surface area (Å²) in [6.07, 6.45) is 3.87. The zero-order valence-corrected chi connectivity index (χ0v) is 25.5. The monoisotopic (exact) mass is 567 g/mol. The first-order valence-electron chi connectivity index (χ1n) is 15.1. The Labute approximate surface area is 246 Å². The smallest absolute Gasteiger partial charge is 0.258 e. The third-order valence-corrected chi connectivity index (χ3v) is 7.64. The Morgan fingerprint density at radius 3 is 2.63 bits per heavy atom. The van der Waals surface area contributed by atoms with E-state index in [4.69, 9.17) is 9.47 Å². The number of aliphatic hydroxyl groups is 1. The lowest BCUT2D eigenvalue weighted by molar-refractivity contribution is -0.115. The molecule has 1 aliphatic heterocycles. The molecule has 0 spiro atoms. The van der Waals surface area contributed by atoms with Crippen LogP contribution in [0, 0.1) is 5.92 Å². The molecule has 41 heavy (non-hydrogen) atoms. The molecule has 0 radical (unpaired) electrons. The second-order valence-electron chi connectivity index (χ2n) is 11.5. The minimum atomic E-state index is -0.409. The van der Waals surface area contributed by atoms with E-state index in [1.807, 2.05) is 44.2 Å². The SMILES string of the molecule is CCCN(C)C[C@@H]1OCCCC[C@H](C)Oc2ccc(NC(=O)Cc3ccccc3)cc2C(=O)N([C@H](C)CO)C[C@@H]1C. The summed E-state index contributed by atoms with van der Waals surface area (Å²) in [6.45, 7) is 10.8. The van der Waals surface area contributed by atoms with E-state index in [1.165, 1.54) is 0 Å². The maximum atomic E-state index is 14.2. The molecule has 0 fully saturated rings. The number of likely N-dealkylation sites (N-methyl/N-ethyl adjacent to an activating group) is 1. The highest BCUT2D eigenvalue weighted by Gasteiger charge is 2.30. The molecule has 2 aromatic rings. The molecule has 0 aromatic heterocycles. The molecule has 8 nitrogen and oxygen atoms in total. The van der Waals surface area contributed by atoms with E-state index in [0.717, 1.165) is 44.3 Å². The lowest BCUT2D eigenvalue weighted by Crippen LogP contribution is -2.47. The number of benzene rings is 2. The normalized spacial score (nSPS) is 21.5. The van der Waals surface area contributed by atoms with E-state index in [-0.39, 0.29) is 43.0 Å². The molecule has 8 heteroatoms. The number of carbonyl (C=O) groups excluding carboxylic acids is 2. The van der Waals surface area contributed by atoms with Crippen molar-refractivity contribution in [2.75, 3.05) is 45.2 Å². The highest BCUT2D eigenvalue weighted by atomic mass is 16.5. The highest BCUT2D eigenvalue weighted by molar-refractivity contribution is 6.00. The van der Waals surface area contributed by atoms with Gasteiger partial charge in [0.15, 0.2) is 0 Å². The predicted molar refractivity (Wildman–Crippen MR) is 163 cm³/mol. The van der Waals surface area contributed by atoms with Crippen LogP contribution >= 0.6 is 0 Å². The van der Waals surface area contributed by atoms with Gasteiger partial charge in [0, 0.05) is 31.3 Å². The number of rotatable bonds is 9. The van der Waals surface area contributed by atoms with Gasteiger partial charge in [-0.2, -0.15) is 0 Å². The molecule has 0 saturated carbocycles. The minimum absolute atomic E-state index is 0.0345. The van der Waals surface area contributed by atoms with Crippen molar-refractivity contribution in [3.63, 3.8) is 0 Å². The van der Waals surface area contributed by atoms with Crippen LogP contribution in [0.25, 0.3) is 0 Å². The lowest BCUT2D eigenvalue weighted by atomic mass is 10.0. The largest absolute Gasteiger partial charge is 0.490 e. The maximum absolute atomic E-state index is 14.2. The number of amides is 2. The lowest BCUT2D eigenvalue weighted by Gasteiger charge is -2.35. The Morgan fingerprint density at radius 2 is 1.93 bits per heavy atom. The number of hydrogen-bond donors (Lipinski definition) is 2. The minimum Gasteiger partial charge on any atom is -0.490 e. The molecule has 1 aliphatic rings. The van der Waals surface area contributed by atoms with Gasteiger partial charge in [-0.1, -0.05) is 44.2 Å². The number of ether oxygens (including phenoxy) is 2. The number of fused-ring (bicyclic) bond motifs is 1. The van der Waals surface area contributed by atoms with Crippen LogP contribution < -0.4 is 10.1 Å². The molecule has 2 aromatic carbocycles. The van der Waals surface area contributed by atoms with Crippen LogP contribution in [0.4, 0.5) is 5.69 Å². The van der Waals surface area contributed by atoms with Crippen LogP contribution in [-0.2, 0) is 16.0 Å². The predicted octanol–water partition coefficient (Wildman–Crippen LogP) is 5.01. The van der Waals surface area contributed by atoms with Crippen molar-refractivity contribution in [3.05, 3.63) is 59.7 Å². The van der Waals surface area contributed by atoms with Crippen LogP contribution in [-0.4, -0.2) is 84.9 Å². The molecular weight excluding hydrogens is 518 g/mol. The van der Waals surface area contributed by atoms with Gasteiger partial charge in [0.25, 0.3) is 5.91 Å². The van der Waals surface area contributed by atoms with E-state index in [1.54, 1.807) is 23.1 Å². The van der Waals surface area contributed by atoms with E-state index in [9.17, 15) is 14.7 Å². The molecule has 0 saturated heterocycles. The van der Waals surface area contributed by atoms with E-state index < -0.39 is 6.04 Å². The average Bonchev–Trinajstić information content (AvgIpc) is 2.95. The fourth-order valence-electron chi connectivity index (χ4n) is 5.23. The third-order valence-electron chi connectivity index (χ3n) is 7.64. The summed E-state index contributed by atoms with van der Waals surface area (Å²) < 4.78 is 12.7. The molecule has 2 N–H and O–H groups in total. The van der Waals surface area contributed by atoms with Gasteiger partial charge < -0.3 is 29.7 Å². The first-order chi connectivity index (χ1) is 19.7. The van der Waals surface area contributed by atoms with E-state index in [2.05, 4.69) is 31.1 Å². The highest BCUT2D eigenvalue weighted by Crippen LogP contribution is 2.28. The summed E-state index contributed by atoms with van der Waals surface area (Å²) in [5.74, 6) is 0.118. The van der Waals surface area contributed by atoms with Gasteiger partial charge in [0.1, 0.15) is 5.75 Å². The second-order valence-corrected chi connectivity index (χ2v) is 11.5. The molecule has 226 valence electrons. The molecule has 4 atom stereocenters. The van der Waals surface area contributed by atoms with Crippen LogP contribution in [0.2, 0.25) is 0 Å². The number of hydrogen-bond acceptors (Lipinski definition) is 6. The third kappa shape index (κ3) is 10.1. The molecular formula is C33H49N3O5. The average molecular weight is 568 g/mol. The summed E-state index contributed by atoms with van der Waals surface area (Å²) in [5.41, 5.74) is 1.82. The van der Waals surface area contributed by atoms with Gasteiger partial charge in [-0.25, -0.2) is 0 Å². The van der Waals surface area contributed by atoms with Crippen molar-refractivity contribution >= 4 is 17.5 Å². The standard InChI is InChI=1S/C33H49N3O5/c1-6-17-35(5)22-31-24(2)21-36(25(3)23-37)33(39)29-20-28(34-32(38)19-27-13-8-7-9-14-27)15-16-30(29)41-26(4)12-10-11-18-40-31/h7-9,13-16,20,24-26,31,37H,6,10-12,17-19,21-23H2,1-5H3,(H,34,38)/t24-,25+,26-,31-/m0/s1. The zero-order chi connectivity index (χ0) is 29.8. The van der Waals surface area contributed by atoms with Crippen molar-refractivity contribution in [2.45, 2.75) is 78.0 Å². The second kappa shape index (κ2) is 16.5. The Hall–Kier alpha value is -2.94. The van der Waals surface area contributed by atoms with Crippen molar-refractivity contribution in [1.29, 1.82) is 0 Å². The zero-order valence-electron chi connectivity index (χ0n) is 25.5. The number of nitrogens with zero attached hydrogens (tertiary/aromatic N) is 2. The van der Waals surface area contributed by atoms with Gasteiger partial charge in [0.05, 0.1) is 36.8 Å². The number of nitrogens with one attached hydrogen (secondary N) is 1. The van der Waals surface area contributed by atoms with Gasteiger partial charge in [-0.3, -0.25) is 9.59 Å². The first-order valence-corrected chi connectivity index (χ1v) is 15.1. The quantitative estimate of drug-likeness (QED) is 0.443. The van der Waals surface area contributed by atoms with Crippen molar-refractivity contribution < 1.29 is 24.2 Å². The molecule has 2 amide bonds. The molecule has 0 bridgehead atoms. The van der Waals surface area contributed by atoms with Gasteiger partial charge in [-0.05, 0) is 76.9 Å². The summed E-state index contributed by atoms with van der Waals surface area (Å²) in [5, 5.41) is 13.1. The van der Waals surface area contributed by atoms with E-state index in [0.29, 0.717) is 30.2 Å². The summed E-state index contributed by atoms with van der Waals surface area (Å²) in [7, 11) is 2.10. The Kier molecular flexibility index (Phi) is 13.1. The van der Waals surface area contributed by atoms with Gasteiger partial charge in [-0.15, -0.1) is 0 Å². The van der Waals surface area contributed by atoms with Crippen LogP contribution in [0.3, 0.4) is 0 Å². The van der Waals surface area contributed by atoms with Gasteiger partial charge >= 0.3 is 0 Å². The summed E-state index contributed by atoms with van der Waals surface area (Å²) >= 11 is 0. The van der Waals surface area contributed by atoms with Crippen LogP contribution in [0.5, 0.6) is 5.75 Å². The number of anilines is 1. The van der Waals surface area contributed by atoms with E-state index >= 15 is 0 Å². The van der Waals surface area contributed by atoms with Crippen molar-refractivity contribution in [1.82, 2.24) is 9.80 Å². The Balaban J connectivity index is 1.92. The van der Waals surface area contributed by atoms with Gasteiger partial charge in [0.2, 0.25) is 5.91 Å². The van der Waals surface area contributed by atoms with Crippen molar-refractivity contribution in [3.8, 4) is 5.75 Å². The molecule has 0 aliphatic carbocycles. The molecule has 1 heterocycles. The molecule has 3 rings (SSSR count). The first kappa shape index (κ1) is 32.6. The van der Waals surface area contributed by atoms with Crippen LogP contribution in [0.15, 0.2) is 48.5 Å². The molecule has 0 unspecified atom stereocenters. The topological polar surface area (TPSA) is 91.3 Å². The fraction of sp³-hybridized carbons (Fsp3) is 0.576. The summed E-state index contributed by atoms with van der Waals surface area (Å²) in [4.78, 5) is 31.0. The Morgan fingerprint density at radius 1 is 1.17 bits per heavy atom.